The summed E-state index contributed by atoms with van der Waals surface area (Å²) in [4.78, 5) is 24.2. The Balaban J connectivity index is 2.21. The fraction of sp³-hybridized carbons (Fsp3) is 0.333. The van der Waals surface area contributed by atoms with Gasteiger partial charge < -0.3 is 19.9 Å². The first-order chi connectivity index (χ1) is 14.2. The Bertz CT molecular complexity index is 871. The predicted molar refractivity (Wildman–Crippen MR) is 116 cm³/mol. The topological polar surface area (TPSA) is 84.9 Å². The van der Waals surface area contributed by atoms with E-state index in [4.69, 9.17) is 9.47 Å². The van der Waals surface area contributed by atoms with E-state index in [0.717, 1.165) is 5.56 Å². The minimum Gasteiger partial charge on any atom is -0.465 e. The van der Waals surface area contributed by atoms with Gasteiger partial charge in [0.25, 0.3) is 0 Å². The van der Waals surface area contributed by atoms with Crippen LogP contribution in [0.5, 0.6) is 0 Å². The number of esters is 1. The molecule has 0 aliphatic rings. The first-order valence-corrected chi connectivity index (χ1v) is 9.76. The highest BCUT2D eigenvalue weighted by atomic mass is 16.6. The quantitative estimate of drug-likeness (QED) is 0.673. The summed E-state index contributed by atoms with van der Waals surface area (Å²) in [5, 5.41) is 13.5. The summed E-state index contributed by atoms with van der Waals surface area (Å²) in [6.07, 6.45) is 1.98. The van der Waals surface area contributed by atoms with Gasteiger partial charge in [0.1, 0.15) is 5.60 Å². The van der Waals surface area contributed by atoms with Crippen LogP contribution in [0.25, 0.3) is 6.08 Å². The third-order valence-electron chi connectivity index (χ3n) is 4.25. The number of carbonyl (C=O) groups excluding carboxylic acids is 2. The van der Waals surface area contributed by atoms with Crippen LogP contribution in [0.4, 0.5) is 4.79 Å². The molecule has 0 unspecified atom stereocenters. The SMILES string of the molecule is COC(=O)c1ccccc1/C=C/[C@@H](O)[C@H](Cc1ccccc1)NC(=O)OC(C)(C)C. The number of hydrogen-bond acceptors (Lipinski definition) is 5. The Morgan fingerprint density at radius 2 is 1.70 bits per heavy atom. The molecule has 0 saturated heterocycles. The second kappa shape index (κ2) is 10.6. The molecule has 0 aliphatic heterocycles. The van der Waals surface area contributed by atoms with Crippen LogP contribution in [-0.4, -0.2) is 42.0 Å². The lowest BCUT2D eigenvalue weighted by atomic mass is 9.99. The fourth-order valence-corrected chi connectivity index (χ4v) is 2.86. The van der Waals surface area contributed by atoms with Gasteiger partial charge >= 0.3 is 12.1 Å². The monoisotopic (exact) mass is 411 g/mol. The summed E-state index contributed by atoms with van der Waals surface area (Å²) < 4.78 is 10.1. The maximum absolute atomic E-state index is 12.3. The van der Waals surface area contributed by atoms with Crippen LogP contribution in [0, 0.1) is 0 Å². The Kier molecular flexibility index (Phi) is 8.18. The lowest BCUT2D eigenvalue weighted by molar-refractivity contribution is 0.0455. The molecule has 0 bridgehead atoms. The number of aliphatic hydroxyl groups is 1. The second-order valence-corrected chi connectivity index (χ2v) is 7.87. The van der Waals surface area contributed by atoms with Crippen LogP contribution in [0.1, 0.15) is 42.3 Å². The van der Waals surface area contributed by atoms with Crippen molar-refractivity contribution in [1.29, 1.82) is 0 Å². The largest absolute Gasteiger partial charge is 0.465 e. The van der Waals surface area contributed by atoms with Gasteiger partial charge in [-0.05, 0) is 44.4 Å². The highest BCUT2D eigenvalue weighted by Crippen LogP contribution is 2.15. The van der Waals surface area contributed by atoms with Crippen LogP contribution < -0.4 is 5.32 Å². The van der Waals surface area contributed by atoms with Crippen molar-refractivity contribution in [3.8, 4) is 0 Å². The van der Waals surface area contributed by atoms with Crippen molar-refractivity contribution in [2.24, 2.45) is 0 Å². The van der Waals surface area contributed by atoms with Crippen LogP contribution in [0.3, 0.4) is 0 Å². The molecule has 0 fully saturated rings. The van der Waals surface area contributed by atoms with Gasteiger partial charge in [0.05, 0.1) is 24.8 Å². The minimum atomic E-state index is -1.01. The maximum Gasteiger partial charge on any atom is 0.407 e. The molecular weight excluding hydrogens is 382 g/mol. The van der Waals surface area contributed by atoms with E-state index in [-0.39, 0.29) is 0 Å². The second-order valence-electron chi connectivity index (χ2n) is 7.87. The summed E-state index contributed by atoms with van der Waals surface area (Å²) in [7, 11) is 1.32. The first kappa shape index (κ1) is 23.2. The van der Waals surface area contributed by atoms with Crippen molar-refractivity contribution in [3.63, 3.8) is 0 Å². The molecule has 0 aromatic heterocycles. The molecule has 2 atom stereocenters. The van der Waals surface area contributed by atoms with Gasteiger partial charge in [0.15, 0.2) is 0 Å². The van der Waals surface area contributed by atoms with Gasteiger partial charge in [-0.2, -0.15) is 0 Å². The molecule has 6 nitrogen and oxygen atoms in total. The molecule has 160 valence electrons. The van der Waals surface area contributed by atoms with E-state index >= 15 is 0 Å². The Morgan fingerprint density at radius 3 is 2.33 bits per heavy atom. The van der Waals surface area contributed by atoms with Crippen molar-refractivity contribution in [3.05, 3.63) is 77.4 Å². The molecule has 2 N–H and O–H groups in total. The number of rotatable bonds is 7. The lowest BCUT2D eigenvalue weighted by Crippen LogP contribution is -2.46. The van der Waals surface area contributed by atoms with Crippen molar-refractivity contribution in [2.45, 2.75) is 44.9 Å². The van der Waals surface area contributed by atoms with Gasteiger partial charge in [-0.1, -0.05) is 60.7 Å². The first-order valence-electron chi connectivity index (χ1n) is 9.76. The van der Waals surface area contributed by atoms with E-state index in [0.29, 0.717) is 17.5 Å². The molecule has 0 spiro atoms. The van der Waals surface area contributed by atoms with Gasteiger partial charge in [-0.3, -0.25) is 0 Å². The van der Waals surface area contributed by atoms with Crippen molar-refractivity contribution >= 4 is 18.1 Å². The van der Waals surface area contributed by atoms with Gasteiger partial charge in [-0.25, -0.2) is 9.59 Å². The van der Waals surface area contributed by atoms with Crippen LogP contribution in [0.15, 0.2) is 60.7 Å². The third kappa shape index (κ3) is 7.37. The van der Waals surface area contributed by atoms with Crippen LogP contribution >= 0.6 is 0 Å². The number of hydrogen-bond donors (Lipinski definition) is 2. The van der Waals surface area contributed by atoms with Crippen molar-refractivity contribution < 1.29 is 24.2 Å². The van der Waals surface area contributed by atoms with Crippen LogP contribution in [0.2, 0.25) is 0 Å². The zero-order valence-corrected chi connectivity index (χ0v) is 17.8. The highest BCUT2D eigenvalue weighted by Gasteiger charge is 2.24. The Hall–Kier alpha value is -3.12. The molecule has 0 heterocycles. The van der Waals surface area contributed by atoms with Crippen LogP contribution in [-0.2, 0) is 15.9 Å². The van der Waals surface area contributed by atoms with Gasteiger partial charge in [0, 0.05) is 0 Å². The van der Waals surface area contributed by atoms with E-state index in [1.165, 1.54) is 7.11 Å². The smallest absolute Gasteiger partial charge is 0.407 e. The normalized spacial score (nSPS) is 13.5. The van der Waals surface area contributed by atoms with E-state index < -0.39 is 29.8 Å². The zero-order valence-electron chi connectivity index (χ0n) is 17.8. The number of carbonyl (C=O) groups is 2. The summed E-state index contributed by atoms with van der Waals surface area (Å²) in [6, 6.07) is 15.9. The molecular formula is C24H29NO5. The summed E-state index contributed by atoms with van der Waals surface area (Å²) in [5.74, 6) is -0.461. The minimum absolute atomic E-state index is 0.392. The standard InChI is InChI=1S/C24H29NO5/c1-24(2,3)30-23(28)25-20(16-17-10-6-5-7-11-17)21(26)15-14-18-12-8-9-13-19(18)22(27)29-4/h5-15,20-21,26H,16H2,1-4H3,(H,25,28)/b15-14+/t20-,21+/m0/s1. The number of amides is 1. The molecule has 0 radical (unpaired) electrons. The van der Waals surface area contributed by atoms with E-state index in [2.05, 4.69) is 5.32 Å². The molecule has 2 aromatic rings. The van der Waals surface area contributed by atoms with Crippen molar-refractivity contribution in [2.75, 3.05) is 7.11 Å². The molecule has 0 aliphatic carbocycles. The number of ether oxygens (including phenoxy) is 2. The zero-order chi connectivity index (χ0) is 22.1. The molecule has 1 amide bonds. The average molecular weight is 411 g/mol. The van der Waals surface area contributed by atoms with E-state index in [9.17, 15) is 14.7 Å². The summed E-state index contributed by atoms with van der Waals surface area (Å²) >= 11 is 0. The predicted octanol–water partition coefficient (Wildman–Crippen LogP) is 3.98. The number of aliphatic hydroxyl groups excluding tert-OH is 1. The van der Waals surface area contributed by atoms with Gasteiger partial charge in [-0.15, -0.1) is 0 Å². The van der Waals surface area contributed by atoms with Gasteiger partial charge in [0.2, 0.25) is 0 Å². The molecule has 2 aromatic carbocycles. The molecule has 30 heavy (non-hydrogen) atoms. The lowest BCUT2D eigenvalue weighted by Gasteiger charge is -2.25. The highest BCUT2D eigenvalue weighted by molar-refractivity contribution is 5.93. The Morgan fingerprint density at radius 1 is 1.07 bits per heavy atom. The molecule has 2 rings (SSSR count). The van der Waals surface area contributed by atoms with E-state index in [1.54, 1.807) is 57.2 Å². The summed E-state index contributed by atoms with van der Waals surface area (Å²) in [5.41, 5.74) is 1.31. The molecule has 0 saturated carbocycles. The number of alkyl carbamates (subject to hydrolysis) is 1. The van der Waals surface area contributed by atoms with E-state index in [1.807, 2.05) is 30.3 Å². The number of benzene rings is 2. The number of nitrogens with one attached hydrogen (secondary N) is 1. The average Bonchev–Trinajstić information content (AvgIpc) is 2.70. The fourth-order valence-electron chi connectivity index (χ4n) is 2.86. The number of methoxy groups -OCH3 is 1. The summed E-state index contributed by atoms with van der Waals surface area (Å²) in [6.45, 7) is 5.33. The Labute approximate surface area is 177 Å². The maximum atomic E-state index is 12.3. The van der Waals surface area contributed by atoms with Crippen molar-refractivity contribution in [1.82, 2.24) is 5.32 Å². The molecule has 6 heteroatoms. The third-order valence-corrected chi connectivity index (χ3v) is 4.25.